The smallest absolute Gasteiger partial charge is 0.0701 e. The minimum atomic E-state index is 0.0413. The van der Waals surface area contributed by atoms with Gasteiger partial charge in [0.1, 0.15) is 0 Å². The molecule has 0 rings (SSSR count). The van der Waals surface area contributed by atoms with Crippen molar-refractivity contribution in [2.75, 3.05) is 66.1 Å². The molecule has 6 heteroatoms. The molecule has 0 aromatic heterocycles. The molecular weight excluding hydrogens is 288 g/mol. The van der Waals surface area contributed by atoms with Gasteiger partial charge in [0, 0.05) is 13.2 Å². The molecule has 0 aliphatic rings. The molecule has 0 aliphatic carbocycles. The largest absolute Gasteiger partial charge is 0.394 e. The zero-order chi connectivity index (χ0) is 16.7. The average molecular weight is 324 g/mol. The summed E-state index contributed by atoms with van der Waals surface area (Å²) in [6, 6.07) is 0. The summed E-state index contributed by atoms with van der Waals surface area (Å²) in [5.74, 6) is 0. The average Bonchev–Trinajstić information content (AvgIpc) is 2.54. The quantitative estimate of drug-likeness (QED) is 0.420. The predicted molar refractivity (Wildman–Crippen MR) is 87.3 cm³/mol. The van der Waals surface area contributed by atoms with Gasteiger partial charge in [0.25, 0.3) is 0 Å². The van der Waals surface area contributed by atoms with E-state index >= 15 is 0 Å². The van der Waals surface area contributed by atoms with Crippen molar-refractivity contribution in [2.45, 2.75) is 39.5 Å². The summed E-state index contributed by atoms with van der Waals surface area (Å²) in [7, 11) is 0. The first-order valence-corrected chi connectivity index (χ1v) is 8.36. The highest BCUT2D eigenvalue weighted by Gasteiger charge is 1.90. The van der Waals surface area contributed by atoms with Gasteiger partial charge in [-0.2, -0.15) is 0 Å². The van der Waals surface area contributed by atoms with Crippen molar-refractivity contribution in [2.24, 2.45) is 0 Å². The number of unbranched alkanes of at least 4 members (excludes halogenated alkanes) is 2. The molecule has 0 atom stereocenters. The maximum atomic E-state index is 8.36. The summed E-state index contributed by atoms with van der Waals surface area (Å²) in [6.45, 7) is 9.01. The third-order valence-electron chi connectivity index (χ3n) is 2.46. The van der Waals surface area contributed by atoms with Gasteiger partial charge in [-0.15, -0.1) is 0 Å². The van der Waals surface area contributed by atoms with Gasteiger partial charge >= 0.3 is 0 Å². The van der Waals surface area contributed by atoms with Crippen molar-refractivity contribution in [1.29, 1.82) is 0 Å². The molecule has 0 radical (unpaired) electrons. The number of hydrogen-bond donors (Lipinski definition) is 2. The third-order valence-corrected chi connectivity index (χ3v) is 2.46. The molecule has 0 heterocycles. The van der Waals surface area contributed by atoms with Crippen molar-refractivity contribution in [1.82, 2.24) is 0 Å². The first-order chi connectivity index (χ1) is 10.8. The van der Waals surface area contributed by atoms with Crippen molar-refractivity contribution in [3.05, 3.63) is 0 Å². The van der Waals surface area contributed by atoms with E-state index in [-0.39, 0.29) is 13.2 Å². The molecule has 0 saturated heterocycles. The lowest BCUT2D eigenvalue weighted by Gasteiger charge is -2.04. The summed E-state index contributed by atoms with van der Waals surface area (Å²) >= 11 is 0. The van der Waals surface area contributed by atoms with Crippen molar-refractivity contribution in [3.63, 3.8) is 0 Å². The van der Waals surface area contributed by atoms with Gasteiger partial charge in [-0.05, 0) is 12.8 Å². The zero-order valence-corrected chi connectivity index (χ0v) is 14.4. The zero-order valence-electron chi connectivity index (χ0n) is 14.4. The number of hydrogen-bond acceptors (Lipinski definition) is 6. The van der Waals surface area contributed by atoms with Crippen LogP contribution in [0.2, 0.25) is 0 Å². The molecule has 22 heavy (non-hydrogen) atoms. The van der Waals surface area contributed by atoms with Crippen LogP contribution in [0.5, 0.6) is 0 Å². The van der Waals surface area contributed by atoms with Crippen molar-refractivity contribution < 1.29 is 29.2 Å². The van der Waals surface area contributed by atoms with E-state index in [1.807, 2.05) is 0 Å². The van der Waals surface area contributed by atoms with Gasteiger partial charge in [-0.1, -0.05) is 26.7 Å². The van der Waals surface area contributed by atoms with Crippen molar-refractivity contribution >= 4 is 0 Å². The van der Waals surface area contributed by atoms with E-state index in [2.05, 4.69) is 13.8 Å². The highest BCUT2D eigenvalue weighted by Crippen LogP contribution is 1.94. The summed E-state index contributed by atoms with van der Waals surface area (Å²) in [4.78, 5) is 0. The van der Waals surface area contributed by atoms with E-state index < -0.39 is 0 Å². The number of aliphatic hydroxyl groups excluding tert-OH is 2. The van der Waals surface area contributed by atoms with Crippen LogP contribution in [0.4, 0.5) is 0 Å². The Morgan fingerprint density at radius 3 is 1.36 bits per heavy atom. The topological polar surface area (TPSA) is 77.4 Å². The second kappa shape index (κ2) is 25.7. The number of aliphatic hydroxyl groups is 2. The monoisotopic (exact) mass is 324 g/mol. The molecule has 0 fully saturated rings. The van der Waals surface area contributed by atoms with E-state index in [0.29, 0.717) is 39.6 Å². The van der Waals surface area contributed by atoms with Gasteiger partial charge in [0.05, 0.1) is 52.9 Å². The summed E-state index contributed by atoms with van der Waals surface area (Å²) in [5, 5.41) is 16.7. The van der Waals surface area contributed by atoms with Crippen LogP contribution < -0.4 is 0 Å². The van der Waals surface area contributed by atoms with Gasteiger partial charge in [-0.25, -0.2) is 0 Å². The van der Waals surface area contributed by atoms with Crippen LogP contribution in [0.25, 0.3) is 0 Å². The molecular formula is C16H36O6. The Hall–Kier alpha value is -0.240. The number of ether oxygens (including phenoxy) is 4. The Bertz CT molecular complexity index is 153. The SMILES string of the molecule is CCCCCOCCC.OCCOCCOCCOCCO. The minimum Gasteiger partial charge on any atom is -0.394 e. The molecule has 2 N–H and O–H groups in total. The van der Waals surface area contributed by atoms with E-state index in [0.717, 1.165) is 19.6 Å². The Morgan fingerprint density at radius 1 is 0.500 bits per heavy atom. The van der Waals surface area contributed by atoms with Crippen LogP contribution in [-0.2, 0) is 18.9 Å². The molecule has 0 aromatic carbocycles. The van der Waals surface area contributed by atoms with Gasteiger partial charge in [-0.3, -0.25) is 0 Å². The molecule has 0 amide bonds. The van der Waals surface area contributed by atoms with Crippen LogP contribution in [0, 0.1) is 0 Å². The lowest BCUT2D eigenvalue weighted by atomic mass is 10.3. The molecule has 0 saturated carbocycles. The van der Waals surface area contributed by atoms with Gasteiger partial charge in [0.2, 0.25) is 0 Å². The fourth-order valence-corrected chi connectivity index (χ4v) is 1.37. The van der Waals surface area contributed by atoms with E-state index in [9.17, 15) is 0 Å². The maximum absolute atomic E-state index is 8.36. The van der Waals surface area contributed by atoms with Crippen LogP contribution >= 0.6 is 0 Å². The highest BCUT2D eigenvalue weighted by molar-refractivity contribution is 4.35. The first kappa shape index (κ1) is 24.0. The molecule has 0 spiro atoms. The standard InChI is InChI=1S/C8H18O5.C8H18O/c9-1-3-11-5-7-13-8-6-12-4-2-10;1-3-5-6-8-9-7-4-2/h9-10H,1-8H2;3-8H2,1-2H3. The summed E-state index contributed by atoms with van der Waals surface area (Å²) < 4.78 is 20.3. The van der Waals surface area contributed by atoms with E-state index in [4.69, 9.17) is 29.2 Å². The fourth-order valence-electron chi connectivity index (χ4n) is 1.37. The van der Waals surface area contributed by atoms with Gasteiger partial charge in [0.15, 0.2) is 0 Å². The van der Waals surface area contributed by atoms with Crippen molar-refractivity contribution in [3.8, 4) is 0 Å². The Labute approximate surface area is 135 Å². The molecule has 136 valence electrons. The molecule has 0 aliphatic heterocycles. The fraction of sp³-hybridized carbons (Fsp3) is 1.00. The van der Waals surface area contributed by atoms with E-state index in [1.165, 1.54) is 19.3 Å². The highest BCUT2D eigenvalue weighted by atomic mass is 16.5. The second-order valence-electron chi connectivity index (χ2n) is 4.60. The van der Waals surface area contributed by atoms with E-state index in [1.54, 1.807) is 0 Å². The Morgan fingerprint density at radius 2 is 0.955 bits per heavy atom. The second-order valence-corrected chi connectivity index (χ2v) is 4.60. The molecule has 0 bridgehead atoms. The van der Waals surface area contributed by atoms with Crippen LogP contribution in [0.1, 0.15) is 39.5 Å². The lowest BCUT2D eigenvalue weighted by molar-refractivity contribution is 0.00230. The Kier molecular flexibility index (Phi) is 28.1. The van der Waals surface area contributed by atoms with Crippen LogP contribution in [0.3, 0.4) is 0 Å². The predicted octanol–water partition coefficient (Wildman–Crippen LogP) is 1.62. The third kappa shape index (κ3) is 28.0. The molecule has 0 unspecified atom stereocenters. The maximum Gasteiger partial charge on any atom is 0.0701 e. The minimum absolute atomic E-state index is 0.0413. The molecule has 0 aromatic rings. The van der Waals surface area contributed by atoms with Crippen LogP contribution in [0.15, 0.2) is 0 Å². The lowest BCUT2D eigenvalue weighted by Crippen LogP contribution is -2.11. The van der Waals surface area contributed by atoms with Gasteiger partial charge < -0.3 is 29.2 Å². The normalized spacial score (nSPS) is 10.4. The first-order valence-electron chi connectivity index (χ1n) is 8.36. The Balaban J connectivity index is 0. The molecule has 6 nitrogen and oxygen atoms in total. The summed E-state index contributed by atoms with van der Waals surface area (Å²) in [6.07, 6.45) is 4.97. The van der Waals surface area contributed by atoms with Crippen LogP contribution in [-0.4, -0.2) is 76.3 Å². The summed E-state index contributed by atoms with van der Waals surface area (Å²) in [5.41, 5.74) is 0. The number of rotatable bonds is 16.